The second-order valence-corrected chi connectivity index (χ2v) is 6.96. The minimum atomic E-state index is 0.00751. The van der Waals surface area contributed by atoms with E-state index in [0.29, 0.717) is 17.6 Å². The molecule has 2 fully saturated rings. The van der Waals surface area contributed by atoms with E-state index < -0.39 is 0 Å². The summed E-state index contributed by atoms with van der Waals surface area (Å²) in [6.07, 6.45) is 2.24. The van der Waals surface area contributed by atoms with Crippen molar-refractivity contribution in [2.75, 3.05) is 13.1 Å². The first-order chi connectivity index (χ1) is 10.5. The van der Waals surface area contributed by atoms with E-state index in [1.54, 1.807) is 0 Å². The first-order valence-electron chi connectivity index (χ1n) is 8.08. The number of aryl methyl sites for hydroxylation is 2. The first-order valence-corrected chi connectivity index (χ1v) is 8.08. The first kappa shape index (κ1) is 13.8. The van der Waals surface area contributed by atoms with Crippen LogP contribution < -0.4 is 5.73 Å². The van der Waals surface area contributed by atoms with Gasteiger partial charge in [0.05, 0.1) is 0 Å². The number of hydrogen-bond acceptors (Lipinski definition) is 3. The Hall–Kier alpha value is -1.81. The van der Waals surface area contributed by atoms with Crippen molar-refractivity contribution in [1.82, 2.24) is 4.90 Å². The van der Waals surface area contributed by atoms with Crippen LogP contribution in [0.3, 0.4) is 0 Å². The predicted molar refractivity (Wildman–Crippen MR) is 85.8 cm³/mol. The standard InChI is InChI=1S/C18H22N2O2/c1-10-5-13-7-17(22-16(13)6-11(10)2)18(21)20-8-12-3-4-15(19)14(12)9-20/h5-7,12,14-15H,3-4,8-9,19H2,1-2H3. The summed E-state index contributed by atoms with van der Waals surface area (Å²) in [7, 11) is 0. The molecule has 0 bridgehead atoms. The molecule has 3 atom stereocenters. The molecule has 4 nitrogen and oxygen atoms in total. The number of nitrogens with two attached hydrogens (primary N) is 1. The molecular weight excluding hydrogens is 276 g/mol. The zero-order valence-corrected chi connectivity index (χ0v) is 13.1. The van der Waals surface area contributed by atoms with Crippen LogP contribution in [-0.4, -0.2) is 29.9 Å². The average molecular weight is 298 g/mol. The number of hydrogen-bond donors (Lipinski definition) is 1. The van der Waals surface area contributed by atoms with Crippen LogP contribution >= 0.6 is 0 Å². The number of rotatable bonds is 1. The Morgan fingerprint density at radius 3 is 2.73 bits per heavy atom. The Bertz CT molecular complexity index is 710. The minimum absolute atomic E-state index is 0.00751. The molecular formula is C18H22N2O2. The number of benzene rings is 1. The second-order valence-electron chi connectivity index (χ2n) is 6.96. The summed E-state index contributed by atoms with van der Waals surface area (Å²) >= 11 is 0. The monoisotopic (exact) mass is 298 g/mol. The highest BCUT2D eigenvalue weighted by atomic mass is 16.3. The van der Waals surface area contributed by atoms with E-state index in [-0.39, 0.29) is 11.9 Å². The highest BCUT2D eigenvalue weighted by Gasteiger charge is 2.43. The van der Waals surface area contributed by atoms with Gasteiger partial charge in [0.1, 0.15) is 5.58 Å². The molecule has 1 saturated heterocycles. The third-order valence-electron chi connectivity index (χ3n) is 5.54. The zero-order valence-electron chi connectivity index (χ0n) is 13.1. The van der Waals surface area contributed by atoms with Gasteiger partial charge in [-0.1, -0.05) is 0 Å². The number of fused-ring (bicyclic) bond motifs is 2. The Balaban J connectivity index is 1.61. The maximum absolute atomic E-state index is 12.7. The summed E-state index contributed by atoms with van der Waals surface area (Å²) in [5, 5.41) is 1.00. The Morgan fingerprint density at radius 2 is 1.95 bits per heavy atom. The fourth-order valence-corrected chi connectivity index (χ4v) is 4.04. The van der Waals surface area contributed by atoms with Crippen LogP contribution in [0.1, 0.15) is 34.5 Å². The molecule has 116 valence electrons. The van der Waals surface area contributed by atoms with Gasteiger partial charge in [-0.25, -0.2) is 0 Å². The smallest absolute Gasteiger partial charge is 0.289 e. The quantitative estimate of drug-likeness (QED) is 0.880. The van der Waals surface area contributed by atoms with E-state index in [0.717, 1.165) is 36.9 Å². The largest absolute Gasteiger partial charge is 0.451 e. The van der Waals surface area contributed by atoms with Gasteiger partial charge >= 0.3 is 0 Å². The van der Waals surface area contributed by atoms with Crippen molar-refractivity contribution in [2.24, 2.45) is 17.6 Å². The van der Waals surface area contributed by atoms with Gasteiger partial charge in [-0.2, -0.15) is 0 Å². The molecule has 1 aromatic carbocycles. The summed E-state index contributed by atoms with van der Waals surface area (Å²) in [5.74, 6) is 1.51. The molecule has 22 heavy (non-hydrogen) atoms. The highest BCUT2D eigenvalue weighted by molar-refractivity contribution is 5.96. The molecule has 1 aliphatic carbocycles. The maximum Gasteiger partial charge on any atom is 0.289 e. The lowest BCUT2D eigenvalue weighted by Gasteiger charge is -2.17. The van der Waals surface area contributed by atoms with Crippen LogP contribution in [0.4, 0.5) is 0 Å². The molecule has 1 aliphatic heterocycles. The fraction of sp³-hybridized carbons (Fsp3) is 0.500. The fourth-order valence-electron chi connectivity index (χ4n) is 4.04. The topological polar surface area (TPSA) is 59.5 Å². The number of furan rings is 1. The Labute approximate surface area is 130 Å². The Kier molecular flexibility index (Phi) is 3.05. The second kappa shape index (κ2) is 4.85. The normalized spacial score (nSPS) is 27.6. The van der Waals surface area contributed by atoms with E-state index in [4.69, 9.17) is 10.2 Å². The number of carbonyl (C=O) groups excluding carboxylic acids is 1. The van der Waals surface area contributed by atoms with Crippen LogP contribution in [0.25, 0.3) is 11.0 Å². The molecule has 2 aromatic rings. The van der Waals surface area contributed by atoms with Crippen molar-refractivity contribution in [3.05, 3.63) is 35.1 Å². The molecule has 4 heteroatoms. The van der Waals surface area contributed by atoms with Gasteiger partial charge in [0, 0.05) is 24.5 Å². The molecule has 1 aromatic heterocycles. The van der Waals surface area contributed by atoms with Gasteiger partial charge in [-0.15, -0.1) is 0 Å². The van der Waals surface area contributed by atoms with Gasteiger partial charge in [0.15, 0.2) is 5.76 Å². The lowest BCUT2D eigenvalue weighted by Crippen LogP contribution is -2.33. The van der Waals surface area contributed by atoms with Crippen molar-refractivity contribution in [3.8, 4) is 0 Å². The molecule has 1 amide bonds. The molecule has 3 unspecified atom stereocenters. The lowest BCUT2D eigenvalue weighted by atomic mass is 9.98. The van der Waals surface area contributed by atoms with Crippen molar-refractivity contribution < 1.29 is 9.21 Å². The van der Waals surface area contributed by atoms with E-state index in [2.05, 4.69) is 19.9 Å². The zero-order chi connectivity index (χ0) is 15.4. The Morgan fingerprint density at radius 1 is 1.18 bits per heavy atom. The summed E-state index contributed by atoms with van der Waals surface area (Å²) in [5.41, 5.74) is 9.35. The molecule has 4 rings (SSSR count). The van der Waals surface area contributed by atoms with Crippen molar-refractivity contribution >= 4 is 16.9 Å². The van der Waals surface area contributed by atoms with Gasteiger partial charge in [-0.05, 0) is 67.9 Å². The van der Waals surface area contributed by atoms with E-state index >= 15 is 0 Å². The van der Waals surface area contributed by atoms with Gasteiger partial charge in [-0.3, -0.25) is 4.79 Å². The van der Waals surface area contributed by atoms with Gasteiger partial charge in [0.2, 0.25) is 0 Å². The van der Waals surface area contributed by atoms with Crippen LogP contribution in [0.15, 0.2) is 22.6 Å². The third kappa shape index (κ3) is 2.05. The predicted octanol–water partition coefficient (Wildman–Crippen LogP) is 2.86. The van der Waals surface area contributed by atoms with E-state index in [1.165, 1.54) is 11.1 Å². The van der Waals surface area contributed by atoms with Crippen molar-refractivity contribution in [3.63, 3.8) is 0 Å². The highest BCUT2D eigenvalue weighted by Crippen LogP contribution is 2.38. The van der Waals surface area contributed by atoms with E-state index in [1.807, 2.05) is 17.0 Å². The molecule has 0 radical (unpaired) electrons. The van der Waals surface area contributed by atoms with Crippen LogP contribution in [-0.2, 0) is 0 Å². The summed E-state index contributed by atoms with van der Waals surface area (Å²) in [6, 6.07) is 6.22. The van der Waals surface area contributed by atoms with E-state index in [9.17, 15) is 4.79 Å². The number of amides is 1. The van der Waals surface area contributed by atoms with Crippen molar-refractivity contribution in [2.45, 2.75) is 32.7 Å². The molecule has 1 saturated carbocycles. The molecule has 2 aliphatic rings. The molecule has 0 spiro atoms. The van der Waals surface area contributed by atoms with Gasteiger partial charge < -0.3 is 15.1 Å². The summed E-state index contributed by atoms with van der Waals surface area (Å²) < 4.78 is 5.80. The third-order valence-corrected chi connectivity index (χ3v) is 5.54. The minimum Gasteiger partial charge on any atom is -0.451 e. The summed E-state index contributed by atoms with van der Waals surface area (Å²) in [4.78, 5) is 14.6. The van der Waals surface area contributed by atoms with Crippen LogP contribution in [0.5, 0.6) is 0 Å². The maximum atomic E-state index is 12.7. The SMILES string of the molecule is Cc1cc2cc(C(=O)N3CC4CCC(N)C4C3)oc2cc1C. The number of nitrogens with zero attached hydrogens (tertiary/aromatic N) is 1. The summed E-state index contributed by atoms with van der Waals surface area (Å²) in [6.45, 7) is 5.74. The molecule has 2 heterocycles. The van der Waals surface area contributed by atoms with Gasteiger partial charge in [0.25, 0.3) is 5.91 Å². The van der Waals surface area contributed by atoms with Crippen molar-refractivity contribution in [1.29, 1.82) is 0 Å². The van der Waals surface area contributed by atoms with Crippen LogP contribution in [0.2, 0.25) is 0 Å². The number of carbonyl (C=O) groups is 1. The average Bonchev–Trinajstić information content (AvgIpc) is 3.15. The van der Waals surface area contributed by atoms with Crippen LogP contribution in [0, 0.1) is 25.7 Å². The number of likely N-dealkylation sites (tertiary alicyclic amines) is 1. The molecule has 2 N–H and O–H groups in total. The lowest BCUT2D eigenvalue weighted by molar-refractivity contribution is 0.0750.